The molecule has 0 unspecified atom stereocenters. The zero-order valence-electron chi connectivity index (χ0n) is 17.1. The highest BCUT2D eigenvalue weighted by molar-refractivity contribution is 7.91. The fraction of sp³-hybridized carbons (Fsp3) is 0.227. The SMILES string of the molecule is O=C(CCS(=O)(=O)c1ccc(F)cc1)N(CCCn1ccnc1)c1nc2ccccc2s1. The van der Waals surface area contributed by atoms with E-state index in [1.54, 1.807) is 17.4 Å². The highest BCUT2D eigenvalue weighted by Crippen LogP contribution is 2.29. The van der Waals surface area contributed by atoms with E-state index >= 15 is 0 Å². The van der Waals surface area contributed by atoms with Crippen molar-refractivity contribution in [3.8, 4) is 0 Å². The summed E-state index contributed by atoms with van der Waals surface area (Å²) in [5.74, 6) is -1.19. The van der Waals surface area contributed by atoms with Crippen LogP contribution in [-0.2, 0) is 21.2 Å². The second-order valence-electron chi connectivity index (χ2n) is 7.19. The van der Waals surface area contributed by atoms with Crippen molar-refractivity contribution in [2.45, 2.75) is 24.3 Å². The van der Waals surface area contributed by atoms with E-state index in [2.05, 4.69) is 9.97 Å². The lowest BCUT2D eigenvalue weighted by Gasteiger charge is -2.20. The zero-order chi connectivity index (χ0) is 22.6. The van der Waals surface area contributed by atoms with Gasteiger partial charge in [-0.2, -0.15) is 0 Å². The van der Waals surface area contributed by atoms with Crippen LogP contribution in [0.5, 0.6) is 0 Å². The lowest BCUT2D eigenvalue weighted by molar-refractivity contribution is -0.118. The average molecular weight is 473 g/mol. The third-order valence-electron chi connectivity index (χ3n) is 4.93. The molecule has 0 fully saturated rings. The van der Waals surface area contributed by atoms with Crippen molar-refractivity contribution in [1.29, 1.82) is 0 Å². The zero-order valence-corrected chi connectivity index (χ0v) is 18.7. The van der Waals surface area contributed by atoms with Crippen LogP contribution in [0.25, 0.3) is 10.2 Å². The van der Waals surface area contributed by atoms with Gasteiger partial charge < -0.3 is 4.57 Å². The Morgan fingerprint density at radius 1 is 1.12 bits per heavy atom. The molecule has 2 heterocycles. The van der Waals surface area contributed by atoms with Gasteiger partial charge in [-0.15, -0.1) is 0 Å². The molecule has 0 aliphatic heterocycles. The van der Waals surface area contributed by atoms with E-state index < -0.39 is 15.7 Å². The minimum absolute atomic E-state index is 0.00153. The van der Waals surface area contributed by atoms with Gasteiger partial charge in [-0.1, -0.05) is 23.5 Å². The van der Waals surface area contributed by atoms with Gasteiger partial charge in [0.1, 0.15) is 5.82 Å². The number of hydrogen-bond donors (Lipinski definition) is 0. The Labute approximate surface area is 189 Å². The lowest BCUT2D eigenvalue weighted by atomic mass is 10.3. The van der Waals surface area contributed by atoms with Gasteiger partial charge in [-0.25, -0.2) is 22.8 Å². The Morgan fingerprint density at radius 3 is 2.62 bits per heavy atom. The highest BCUT2D eigenvalue weighted by Gasteiger charge is 2.23. The van der Waals surface area contributed by atoms with E-state index in [1.807, 2.05) is 35.0 Å². The molecule has 0 radical (unpaired) electrons. The number of para-hydroxylation sites is 1. The molecule has 2 aromatic carbocycles. The number of nitrogens with zero attached hydrogens (tertiary/aromatic N) is 4. The predicted molar refractivity (Wildman–Crippen MR) is 122 cm³/mol. The number of anilines is 1. The molecule has 10 heteroatoms. The van der Waals surface area contributed by atoms with E-state index in [9.17, 15) is 17.6 Å². The standard InChI is InChI=1S/C22H21FN4O3S2/c23-17-6-8-18(9-7-17)32(29,30)15-10-21(28)27(13-3-12-26-14-11-24-16-26)22-25-19-4-1-2-5-20(19)31-22/h1-2,4-9,11,14,16H,3,10,12-13,15H2. The molecule has 0 spiro atoms. The first-order valence-electron chi connectivity index (χ1n) is 10.0. The summed E-state index contributed by atoms with van der Waals surface area (Å²) in [5.41, 5.74) is 0.791. The first-order chi connectivity index (χ1) is 15.4. The van der Waals surface area contributed by atoms with Crippen LogP contribution >= 0.6 is 11.3 Å². The predicted octanol–water partition coefficient (Wildman–Crippen LogP) is 3.92. The number of imidazole rings is 1. The smallest absolute Gasteiger partial charge is 0.229 e. The van der Waals surface area contributed by atoms with E-state index in [-0.39, 0.29) is 23.0 Å². The molecule has 0 bridgehead atoms. The van der Waals surface area contributed by atoms with Crippen LogP contribution < -0.4 is 4.90 Å². The van der Waals surface area contributed by atoms with Crippen molar-refractivity contribution in [1.82, 2.24) is 14.5 Å². The van der Waals surface area contributed by atoms with Gasteiger partial charge in [-0.05, 0) is 42.8 Å². The Hall–Kier alpha value is -3.11. The molecule has 1 amide bonds. The maximum atomic E-state index is 13.1. The molecule has 0 atom stereocenters. The second kappa shape index (κ2) is 9.58. The van der Waals surface area contributed by atoms with Crippen LogP contribution in [0.4, 0.5) is 9.52 Å². The minimum Gasteiger partial charge on any atom is -0.337 e. The molecule has 7 nitrogen and oxygen atoms in total. The summed E-state index contributed by atoms with van der Waals surface area (Å²) < 4.78 is 41.2. The normalized spacial score (nSPS) is 11.7. The number of aryl methyl sites for hydroxylation is 1. The molecule has 4 rings (SSSR count). The van der Waals surface area contributed by atoms with Gasteiger partial charge in [0, 0.05) is 31.9 Å². The van der Waals surface area contributed by atoms with E-state index in [1.165, 1.54) is 23.5 Å². The molecule has 0 saturated carbocycles. The summed E-state index contributed by atoms with van der Waals surface area (Å²) in [6.07, 6.45) is 5.71. The van der Waals surface area contributed by atoms with Gasteiger partial charge in [0.05, 0.1) is 27.2 Å². The fourth-order valence-electron chi connectivity index (χ4n) is 3.25. The monoisotopic (exact) mass is 472 g/mol. The van der Waals surface area contributed by atoms with Crippen molar-refractivity contribution in [2.75, 3.05) is 17.2 Å². The molecule has 0 saturated heterocycles. The molecule has 2 aromatic heterocycles. The number of sulfone groups is 1. The Kier molecular flexibility index (Phi) is 6.61. The maximum absolute atomic E-state index is 13.1. The van der Waals surface area contributed by atoms with Crippen molar-refractivity contribution >= 4 is 42.4 Å². The number of thiazole rings is 1. The highest BCUT2D eigenvalue weighted by atomic mass is 32.2. The number of rotatable bonds is 9. The number of fused-ring (bicyclic) bond motifs is 1. The summed E-state index contributed by atoms with van der Waals surface area (Å²) in [4.78, 5) is 23.2. The van der Waals surface area contributed by atoms with Crippen LogP contribution in [0.1, 0.15) is 12.8 Å². The number of amides is 1. The van der Waals surface area contributed by atoms with Crippen LogP contribution in [0.2, 0.25) is 0 Å². The summed E-state index contributed by atoms with van der Waals surface area (Å²) >= 11 is 1.40. The molecule has 0 N–H and O–H groups in total. The Balaban J connectivity index is 1.50. The molecule has 0 aliphatic carbocycles. The summed E-state index contributed by atoms with van der Waals surface area (Å²) in [6, 6.07) is 12.2. The van der Waals surface area contributed by atoms with Crippen molar-refractivity contribution in [2.24, 2.45) is 0 Å². The first kappa shape index (κ1) is 22.1. The first-order valence-corrected chi connectivity index (χ1v) is 12.5. The number of hydrogen-bond acceptors (Lipinski definition) is 6. The lowest BCUT2D eigenvalue weighted by Crippen LogP contribution is -2.33. The largest absolute Gasteiger partial charge is 0.337 e. The number of halogens is 1. The number of benzene rings is 2. The summed E-state index contributed by atoms with van der Waals surface area (Å²) in [5, 5.41) is 0.543. The molecule has 166 valence electrons. The van der Waals surface area contributed by atoms with Crippen LogP contribution in [-0.4, -0.2) is 41.2 Å². The molecule has 0 aliphatic rings. The topological polar surface area (TPSA) is 85.2 Å². The van der Waals surface area contributed by atoms with Gasteiger partial charge in [0.15, 0.2) is 15.0 Å². The molecular formula is C22H21FN4O3S2. The van der Waals surface area contributed by atoms with E-state index in [0.29, 0.717) is 24.6 Å². The fourth-order valence-corrected chi connectivity index (χ4v) is 5.49. The Morgan fingerprint density at radius 2 is 1.91 bits per heavy atom. The van der Waals surface area contributed by atoms with E-state index in [4.69, 9.17) is 0 Å². The quantitative estimate of drug-likeness (QED) is 0.345. The number of aromatic nitrogens is 3. The Bertz CT molecular complexity index is 1270. The minimum atomic E-state index is -3.71. The molecule has 4 aromatic rings. The summed E-state index contributed by atoms with van der Waals surface area (Å²) in [6.45, 7) is 1.07. The van der Waals surface area contributed by atoms with Gasteiger partial charge in [0.2, 0.25) is 5.91 Å². The van der Waals surface area contributed by atoms with E-state index in [0.717, 1.165) is 22.3 Å². The average Bonchev–Trinajstić information content (AvgIpc) is 3.45. The third kappa shape index (κ3) is 5.20. The van der Waals surface area contributed by atoms with Gasteiger partial charge >= 0.3 is 0 Å². The number of carbonyl (C=O) groups is 1. The van der Waals surface area contributed by atoms with Gasteiger partial charge in [0.25, 0.3) is 0 Å². The third-order valence-corrected chi connectivity index (χ3v) is 7.72. The van der Waals surface area contributed by atoms with Crippen LogP contribution in [0, 0.1) is 5.82 Å². The summed E-state index contributed by atoms with van der Waals surface area (Å²) in [7, 11) is -3.71. The maximum Gasteiger partial charge on any atom is 0.229 e. The number of carbonyl (C=O) groups excluding carboxylic acids is 1. The van der Waals surface area contributed by atoms with Crippen LogP contribution in [0.15, 0.2) is 72.1 Å². The van der Waals surface area contributed by atoms with Crippen molar-refractivity contribution in [3.63, 3.8) is 0 Å². The molecule has 32 heavy (non-hydrogen) atoms. The second-order valence-corrected chi connectivity index (χ2v) is 10.3. The van der Waals surface area contributed by atoms with Crippen LogP contribution in [0.3, 0.4) is 0 Å². The van der Waals surface area contributed by atoms with Crippen molar-refractivity contribution < 1.29 is 17.6 Å². The van der Waals surface area contributed by atoms with Gasteiger partial charge in [-0.3, -0.25) is 9.69 Å². The molecular weight excluding hydrogens is 451 g/mol. The van der Waals surface area contributed by atoms with Crippen molar-refractivity contribution in [3.05, 3.63) is 73.1 Å².